The second kappa shape index (κ2) is 7.59. The Morgan fingerprint density at radius 3 is 3.00 bits per heavy atom. The predicted molar refractivity (Wildman–Crippen MR) is 97.6 cm³/mol. The Labute approximate surface area is 155 Å². The largest absolute Gasteiger partial charge is 0.467 e. The van der Waals surface area contributed by atoms with Crippen LogP contribution in [-0.2, 0) is 29.1 Å². The first-order chi connectivity index (χ1) is 12.7. The van der Waals surface area contributed by atoms with Crippen molar-refractivity contribution in [3.05, 3.63) is 34.7 Å². The van der Waals surface area contributed by atoms with Gasteiger partial charge < -0.3 is 15.1 Å². The van der Waals surface area contributed by atoms with Gasteiger partial charge in [-0.25, -0.2) is 4.98 Å². The van der Waals surface area contributed by atoms with E-state index >= 15 is 0 Å². The highest BCUT2D eigenvalue weighted by Gasteiger charge is 2.27. The average molecular weight is 374 g/mol. The molecular weight excluding hydrogens is 352 g/mol. The molecule has 4 rings (SSSR count). The summed E-state index contributed by atoms with van der Waals surface area (Å²) in [6.07, 6.45) is 5.51. The lowest BCUT2D eigenvalue weighted by Gasteiger charge is -2.24. The number of fused-ring (bicyclic) bond motifs is 1. The molecule has 7 nitrogen and oxygen atoms in total. The van der Waals surface area contributed by atoms with Crippen molar-refractivity contribution in [3.63, 3.8) is 0 Å². The van der Waals surface area contributed by atoms with Gasteiger partial charge in [0.15, 0.2) is 5.13 Å². The minimum atomic E-state index is -0.0205. The fraction of sp³-hybridized carbons (Fsp3) is 0.500. The molecule has 138 valence electrons. The molecule has 0 bridgehead atoms. The van der Waals surface area contributed by atoms with Crippen LogP contribution >= 0.6 is 11.3 Å². The maximum absolute atomic E-state index is 12.1. The van der Waals surface area contributed by atoms with Crippen molar-refractivity contribution in [2.24, 2.45) is 5.92 Å². The molecule has 0 radical (unpaired) electrons. The summed E-state index contributed by atoms with van der Waals surface area (Å²) in [5, 5.41) is 6.51. The van der Waals surface area contributed by atoms with E-state index in [2.05, 4.69) is 20.5 Å². The lowest BCUT2D eigenvalue weighted by molar-refractivity contribution is -0.123. The van der Waals surface area contributed by atoms with Crippen molar-refractivity contribution >= 4 is 28.3 Å². The van der Waals surface area contributed by atoms with Crippen LogP contribution in [0.4, 0.5) is 5.13 Å². The molecule has 2 amide bonds. The molecule has 0 saturated heterocycles. The molecule has 2 aliphatic rings. The SMILES string of the molecule is O=C(CN1CCc2nc(NC(=O)C3CCC3)sc2C1)NCc1ccco1. The standard InChI is InChI=1S/C18H22N4O3S/c23-16(19-9-13-5-2-8-25-13)11-22-7-6-14-15(10-22)26-18(20-14)21-17(24)12-3-1-4-12/h2,5,8,12H,1,3-4,6-7,9-11H2,(H,19,23)(H,20,21,24). The highest BCUT2D eigenvalue weighted by molar-refractivity contribution is 7.15. The van der Waals surface area contributed by atoms with Crippen LogP contribution < -0.4 is 10.6 Å². The van der Waals surface area contributed by atoms with E-state index in [9.17, 15) is 9.59 Å². The van der Waals surface area contributed by atoms with E-state index in [4.69, 9.17) is 4.42 Å². The number of nitrogens with zero attached hydrogens (tertiary/aromatic N) is 2. The van der Waals surface area contributed by atoms with Gasteiger partial charge in [0.05, 0.1) is 25.0 Å². The Hall–Kier alpha value is -2.19. The second-order valence-electron chi connectivity index (χ2n) is 6.82. The van der Waals surface area contributed by atoms with E-state index in [1.54, 1.807) is 12.3 Å². The molecule has 0 spiro atoms. The second-order valence-corrected chi connectivity index (χ2v) is 7.91. The summed E-state index contributed by atoms with van der Waals surface area (Å²) in [4.78, 5) is 32.0. The third-order valence-electron chi connectivity index (χ3n) is 4.92. The Morgan fingerprint density at radius 2 is 2.27 bits per heavy atom. The Morgan fingerprint density at radius 1 is 1.38 bits per heavy atom. The molecule has 0 unspecified atom stereocenters. The quantitative estimate of drug-likeness (QED) is 0.809. The molecule has 2 aromatic rings. The minimum absolute atomic E-state index is 0.0205. The van der Waals surface area contributed by atoms with Crippen LogP contribution in [0, 0.1) is 5.92 Å². The van der Waals surface area contributed by atoms with Crippen molar-refractivity contribution in [1.29, 1.82) is 0 Å². The van der Waals surface area contributed by atoms with Crippen molar-refractivity contribution in [2.45, 2.75) is 38.8 Å². The molecule has 26 heavy (non-hydrogen) atoms. The van der Waals surface area contributed by atoms with Gasteiger partial charge in [-0.2, -0.15) is 0 Å². The number of anilines is 1. The Bertz CT molecular complexity index is 782. The summed E-state index contributed by atoms with van der Waals surface area (Å²) >= 11 is 1.53. The molecule has 1 aliphatic heterocycles. The van der Waals surface area contributed by atoms with Crippen molar-refractivity contribution in [1.82, 2.24) is 15.2 Å². The van der Waals surface area contributed by atoms with E-state index in [0.29, 0.717) is 24.8 Å². The zero-order valence-electron chi connectivity index (χ0n) is 14.5. The molecule has 8 heteroatoms. The van der Waals surface area contributed by atoms with E-state index < -0.39 is 0 Å². The van der Waals surface area contributed by atoms with Crippen LogP contribution in [0.25, 0.3) is 0 Å². The van der Waals surface area contributed by atoms with Gasteiger partial charge in [-0.05, 0) is 25.0 Å². The van der Waals surface area contributed by atoms with Crippen LogP contribution in [0.2, 0.25) is 0 Å². The summed E-state index contributed by atoms with van der Waals surface area (Å²) in [6.45, 7) is 2.24. The van der Waals surface area contributed by atoms with Gasteiger partial charge in [0.2, 0.25) is 11.8 Å². The number of furan rings is 1. The highest BCUT2D eigenvalue weighted by Crippen LogP contribution is 2.31. The van der Waals surface area contributed by atoms with Crippen LogP contribution in [0.3, 0.4) is 0 Å². The van der Waals surface area contributed by atoms with Crippen LogP contribution in [0.5, 0.6) is 0 Å². The number of hydrogen-bond donors (Lipinski definition) is 2. The van der Waals surface area contributed by atoms with Gasteiger partial charge in [-0.15, -0.1) is 11.3 Å². The minimum Gasteiger partial charge on any atom is -0.467 e. The fourth-order valence-electron chi connectivity index (χ4n) is 3.17. The summed E-state index contributed by atoms with van der Waals surface area (Å²) < 4.78 is 5.21. The van der Waals surface area contributed by atoms with Crippen molar-refractivity contribution in [2.75, 3.05) is 18.4 Å². The van der Waals surface area contributed by atoms with E-state index in [-0.39, 0.29) is 17.7 Å². The van der Waals surface area contributed by atoms with Gasteiger partial charge in [-0.3, -0.25) is 14.5 Å². The van der Waals surface area contributed by atoms with Gasteiger partial charge in [0, 0.05) is 30.3 Å². The predicted octanol–water partition coefficient (Wildman–Crippen LogP) is 2.15. The normalized spacial score (nSPS) is 17.4. The van der Waals surface area contributed by atoms with E-state index in [0.717, 1.165) is 48.6 Å². The van der Waals surface area contributed by atoms with Gasteiger partial charge >= 0.3 is 0 Å². The number of aromatic nitrogens is 1. The first kappa shape index (κ1) is 17.2. The number of carbonyl (C=O) groups is 2. The maximum atomic E-state index is 12.1. The van der Waals surface area contributed by atoms with Gasteiger partial charge in [0.25, 0.3) is 0 Å². The molecule has 2 N–H and O–H groups in total. The zero-order chi connectivity index (χ0) is 17.9. The zero-order valence-corrected chi connectivity index (χ0v) is 15.3. The fourth-order valence-corrected chi connectivity index (χ4v) is 4.23. The Kier molecular flexibility index (Phi) is 5.03. The van der Waals surface area contributed by atoms with Crippen LogP contribution in [0.1, 0.15) is 35.6 Å². The molecule has 0 atom stereocenters. The van der Waals surface area contributed by atoms with Crippen molar-refractivity contribution in [3.8, 4) is 0 Å². The number of amides is 2. The third kappa shape index (κ3) is 3.96. The molecule has 1 aliphatic carbocycles. The molecule has 3 heterocycles. The summed E-state index contributed by atoms with van der Waals surface area (Å²) in [5.74, 6) is 0.975. The van der Waals surface area contributed by atoms with Crippen molar-refractivity contribution < 1.29 is 14.0 Å². The lowest BCUT2D eigenvalue weighted by atomic mass is 9.85. The summed E-state index contributed by atoms with van der Waals surface area (Å²) in [5.41, 5.74) is 1.05. The molecular formula is C18H22N4O3S. The molecule has 1 fully saturated rings. The topological polar surface area (TPSA) is 87.5 Å². The number of thiazole rings is 1. The Balaban J connectivity index is 1.28. The monoisotopic (exact) mass is 374 g/mol. The van der Waals surface area contributed by atoms with E-state index in [1.807, 2.05) is 6.07 Å². The highest BCUT2D eigenvalue weighted by atomic mass is 32.1. The van der Waals surface area contributed by atoms with Crippen LogP contribution in [0.15, 0.2) is 22.8 Å². The number of hydrogen-bond acceptors (Lipinski definition) is 6. The number of rotatable bonds is 6. The first-order valence-corrected chi connectivity index (χ1v) is 9.80. The summed E-state index contributed by atoms with van der Waals surface area (Å²) in [7, 11) is 0. The van der Waals surface area contributed by atoms with Gasteiger partial charge in [0.1, 0.15) is 5.76 Å². The number of nitrogens with one attached hydrogen (secondary N) is 2. The summed E-state index contributed by atoms with van der Waals surface area (Å²) in [6, 6.07) is 3.64. The molecule has 2 aromatic heterocycles. The number of carbonyl (C=O) groups excluding carboxylic acids is 2. The van der Waals surface area contributed by atoms with Crippen LogP contribution in [-0.4, -0.2) is 34.8 Å². The average Bonchev–Trinajstić information content (AvgIpc) is 3.19. The third-order valence-corrected chi connectivity index (χ3v) is 5.92. The molecule has 0 aromatic carbocycles. The smallest absolute Gasteiger partial charge is 0.234 e. The van der Waals surface area contributed by atoms with E-state index in [1.165, 1.54) is 11.3 Å². The maximum Gasteiger partial charge on any atom is 0.234 e. The molecule has 1 saturated carbocycles. The van der Waals surface area contributed by atoms with Gasteiger partial charge in [-0.1, -0.05) is 6.42 Å². The first-order valence-electron chi connectivity index (χ1n) is 8.98. The lowest BCUT2D eigenvalue weighted by Crippen LogP contribution is -2.39.